The predicted molar refractivity (Wildman–Crippen MR) is 43.4 cm³/mol. The van der Waals surface area contributed by atoms with E-state index in [1.807, 2.05) is 20.8 Å². The Hall–Kier alpha value is -0.840. The number of hydroxylamine groups is 1. The van der Waals surface area contributed by atoms with E-state index >= 15 is 0 Å². The smallest absolute Gasteiger partial charge is 0.210 e. The Morgan fingerprint density at radius 1 is 1.58 bits per heavy atom. The van der Waals surface area contributed by atoms with E-state index in [-0.39, 0.29) is 12.0 Å². The van der Waals surface area contributed by atoms with Crippen molar-refractivity contribution in [3.8, 4) is 0 Å². The molecule has 1 atom stereocenters. The summed E-state index contributed by atoms with van der Waals surface area (Å²) in [5, 5.41) is 23.3. The van der Waals surface area contributed by atoms with Gasteiger partial charge >= 0.3 is 0 Å². The number of aliphatic hydroxyl groups excluding tert-OH is 1. The quantitative estimate of drug-likeness (QED) is 0.395. The van der Waals surface area contributed by atoms with Gasteiger partial charge in [-0.15, -0.1) is 0 Å². The van der Waals surface area contributed by atoms with E-state index in [9.17, 15) is 10.3 Å². The second-order valence-corrected chi connectivity index (χ2v) is 3.68. The van der Waals surface area contributed by atoms with Crippen molar-refractivity contribution in [2.45, 2.75) is 26.9 Å². The molecule has 0 rings (SSSR count). The number of rotatable bonds is 3. The number of nitrogens with zero attached hydrogens (tertiary/aromatic N) is 2. The van der Waals surface area contributed by atoms with Crippen molar-refractivity contribution < 1.29 is 14.8 Å². The van der Waals surface area contributed by atoms with E-state index in [2.05, 4.69) is 10.1 Å². The van der Waals surface area contributed by atoms with Crippen molar-refractivity contribution in [3.05, 3.63) is 5.21 Å². The molecule has 0 aromatic rings. The fourth-order valence-corrected chi connectivity index (χ4v) is 0.546. The highest BCUT2D eigenvalue weighted by Gasteiger charge is 2.25. The molecule has 0 aromatic heterocycles. The van der Waals surface area contributed by atoms with Crippen molar-refractivity contribution in [3.63, 3.8) is 0 Å². The summed E-state index contributed by atoms with van der Waals surface area (Å²) in [7, 11) is 1.29. The van der Waals surface area contributed by atoms with Gasteiger partial charge in [0.15, 0.2) is 5.28 Å². The first-order valence-electron chi connectivity index (χ1n) is 3.74. The highest BCUT2D eigenvalue weighted by molar-refractivity contribution is 4.70. The van der Waals surface area contributed by atoms with Gasteiger partial charge in [0.2, 0.25) is 6.54 Å². The molecule has 1 unspecified atom stereocenters. The van der Waals surface area contributed by atoms with Crippen molar-refractivity contribution in [1.29, 1.82) is 0 Å². The Balaban J connectivity index is 4.01. The molecule has 0 heterocycles. The third kappa shape index (κ3) is 4.12. The van der Waals surface area contributed by atoms with Gasteiger partial charge in [0.1, 0.15) is 13.2 Å². The molecule has 0 fully saturated rings. The maximum absolute atomic E-state index is 10.8. The standard InChI is InChI=1S/C7H16N2O3/c1-7(2,3)6(10)5-9(11)8-12-4/h6,10H,5H2,1-4H3/b9-8-. The average molecular weight is 176 g/mol. The highest BCUT2D eigenvalue weighted by atomic mass is 16.7. The Labute approximate surface area is 72.2 Å². The van der Waals surface area contributed by atoms with E-state index in [0.29, 0.717) is 4.86 Å². The summed E-state index contributed by atoms with van der Waals surface area (Å²) in [4.78, 5) is 4.57. The predicted octanol–water partition coefficient (Wildman–Crippen LogP) is 0.917. The first kappa shape index (κ1) is 11.2. The Bertz CT molecular complexity index is 163. The zero-order valence-corrected chi connectivity index (χ0v) is 7.94. The largest absolute Gasteiger partial charge is 0.597 e. The number of hydrogen-bond acceptors (Lipinski definition) is 4. The molecule has 12 heavy (non-hydrogen) atoms. The van der Waals surface area contributed by atoms with Crippen LogP contribution in [-0.4, -0.2) is 29.7 Å². The molecule has 5 heteroatoms. The molecular weight excluding hydrogens is 160 g/mol. The molecule has 0 aromatic carbocycles. The van der Waals surface area contributed by atoms with Crippen LogP contribution in [0.5, 0.6) is 0 Å². The summed E-state index contributed by atoms with van der Waals surface area (Å²) in [6.07, 6.45) is -0.714. The Morgan fingerprint density at radius 3 is 2.42 bits per heavy atom. The van der Waals surface area contributed by atoms with Gasteiger partial charge in [0.25, 0.3) is 0 Å². The van der Waals surface area contributed by atoms with Crippen molar-refractivity contribution >= 4 is 0 Å². The van der Waals surface area contributed by atoms with E-state index < -0.39 is 6.10 Å². The lowest BCUT2D eigenvalue weighted by Gasteiger charge is -2.22. The molecule has 0 aliphatic carbocycles. The van der Waals surface area contributed by atoms with Crippen LogP contribution < -0.4 is 0 Å². The van der Waals surface area contributed by atoms with Crippen LogP contribution in [-0.2, 0) is 4.84 Å². The van der Waals surface area contributed by atoms with Gasteiger partial charge < -0.3 is 15.2 Å². The van der Waals surface area contributed by atoms with Crippen molar-refractivity contribution in [2.24, 2.45) is 10.7 Å². The van der Waals surface area contributed by atoms with Crippen molar-refractivity contribution in [2.75, 3.05) is 13.7 Å². The highest BCUT2D eigenvalue weighted by Crippen LogP contribution is 2.18. The zero-order chi connectivity index (χ0) is 9.78. The minimum absolute atomic E-state index is 0.0721. The van der Waals surface area contributed by atoms with Gasteiger partial charge in [-0.25, -0.2) is 0 Å². The molecule has 0 radical (unpaired) electrons. The third-order valence-electron chi connectivity index (χ3n) is 1.50. The zero-order valence-electron chi connectivity index (χ0n) is 7.94. The van der Waals surface area contributed by atoms with E-state index in [1.54, 1.807) is 0 Å². The molecule has 0 saturated carbocycles. The summed E-state index contributed by atoms with van der Waals surface area (Å²) < 4.78 is 0. The lowest BCUT2D eigenvalue weighted by atomic mass is 9.89. The second kappa shape index (κ2) is 4.25. The maximum Gasteiger partial charge on any atom is 0.210 e. The van der Waals surface area contributed by atoms with Crippen LogP contribution >= 0.6 is 0 Å². The molecule has 0 amide bonds. The fourth-order valence-electron chi connectivity index (χ4n) is 0.546. The number of hydrogen-bond donors (Lipinski definition) is 1. The van der Waals surface area contributed by atoms with Crippen LogP contribution in [0.2, 0.25) is 0 Å². The van der Waals surface area contributed by atoms with E-state index in [0.717, 1.165) is 0 Å². The van der Waals surface area contributed by atoms with Crippen LogP contribution in [0.3, 0.4) is 0 Å². The topological polar surface area (TPSA) is 67.9 Å². The summed E-state index contributed by atoms with van der Waals surface area (Å²) in [6, 6.07) is 0. The Morgan fingerprint density at radius 2 is 2.08 bits per heavy atom. The first-order valence-corrected chi connectivity index (χ1v) is 3.74. The fraction of sp³-hybridized carbons (Fsp3) is 1.00. The van der Waals surface area contributed by atoms with Crippen LogP contribution in [0.4, 0.5) is 0 Å². The lowest BCUT2D eigenvalue weighted by molar-refractivity contribution is -0.567. The molecule has 0 spiro atoms. The van der Waals surface area contributed by atoms with Gasteiger partial charge in [0, 0.05) is 0 Å². The van der Waals surface area contributed by atoms with E-state index in [1.165, 1.54) is 7.11 Å². The summed E-state index contributed by atoms with van der Waals surface area (Å²) in [6.45, 7) is 5.46. The van der Waals surface area contributed by atoms with Crippen LogP contribution in [0.15, 0.2) is 5.28 Å². The molecule has 1 N–H and O–H groups in total. The van der Waals surface area contributed by atoms with Crippen molar-refractivity contribution in [1.82, 2.24) is 0 Å². The SMILES string of the molecule is CO/N=[N+](\[O-])CC(O)C(C)(C)C. The molecule has 0 bridgehead atoms. The average Bonchev–Trinajstić information content (AvgIpc) is 1.85. The van der Waals surface area contributed by atoms with Crippen LogP contribution in [0.25, 0.3) is 0 Å². The molecule has 72 valence electrons. The summed E-state index contributed by atoms with van der Waals surface area (Å²) in [5.41, 5.74) is -0.314. The summed E-state index contributed by atoms with van der Waals surface area (Å²) >= 11 is 0. The second-order valence-electron chi connectivity index (χ2n) is 3.68. The molecule has 0 saturated heterocycles. The van der Waals surface area contributed by atoms with E-state index in [4.69, 9.17) is 0 Å². The molecule has 5 nitrogen and oxygen atoms in total. The number of aliphatic hydroxyl groups is 1. The van der Waals surface area contributed by atoms with Gasteiger partial charge in [0.05, 0.1) is 0 Å². The molecule has 0 aliphatic rings. The lowest BCUT2D eigenvalue weighted by Crippen LogP contribution is -2.33. The first-order chi connectivity index (χ1) is 5.38. The molecular formula is C7H16N2O3. The Kier molecular flexibility index (Phi) is 3.95. The summed E-state index contributed by atoms with van der Waals surface area (Å²) in [5.74, 6) is 0. The minimum Gasteiger partial charge on any atom is -0.597 e. The van der Waals surface area contributed by atoms with Crippen LogP contribution in [0, 0.1) is 10.6 Å². The molecule has 0 aliphatic heterocycles. The minimum atomic E-state index is -0.714. The van der Waals surface area contributed by atoms with Gasteiger partial charge in [-0.2, -0.15) is 0 Å². The van der Waals surface area contributed by atoms with Gasteiger partial charge in [-0.05, 0) is 5.41 Å². The third-order valence-corrected chi connectivity index (χ3v) is 1.50. The normalized spacial score (nSPS) is 15.9. The van der Waals surface area contributed by atoms with Gasteiger partial charge in [-0.3, -0.25) is 0 Å². The maximum atomic E-state index is 10.8. The van der Waals surface area contributed by atoms with Crippen LogP contribution in [0.1, 0.15) is 20.8 Å². The monoisotopic (exact) mass is 176 g/mol. The van der Waals surface area contributed by atoms with Gasteiger partial charge in [-0.1, -0.05) is 25.6 Å².